The van der Waals surface area contributed by atoms with Crippen molar-refractivity contribution in [1.29, 1.82) is 5.26 Å². The molecule has 0 aliphatic heterocycles. The van der Waals surface area contributed by atoms with Crippen molar-refractivity contribution in [2.45, 2.75) is 19.0 Å². The molecule has 1 atom stereocenters. The van der Waals surface area contributed by atoms with Gasteiger partial charge in [-0.1, -0.05) is 41.9 Å². The van der Waals surface area contributed by atoms with E-state index >= 15 is 0 Å². The Morgan fingerprint density at radius 3 is 2.61 bits per heavy atom. The predicted octanol–water partition coefficient (Wildman–Crippen LogP) is 4.15. The summed E-state index contributed by atoms with van der Waals surface area (Å²) in [5.41, 5.74) is 1.14. The normalized spacial score (nSPS) is 12.0. The van der Waals surface area contributed by atoms with E-state index in [0.29, 0.717) is 6.42 Å². The average molecular weight is 277 g/mol. The van der Waals surface area contributed by atoms with E-state index in [1.807, 2.05) is 42.5 Å². The second-order valence-corrected chi connectivity index (χ2v) is 5.71. The number of rotatable bonds is 5. The van der Waals surface area contributed by atoms with Gasteiger partial charge in [-0.25, -0.2) is 0 Å². The number of nitrogens with zero attached hydrogens (tertiary/aromatic N) is 1. The van der Waals surface area contributed by atoms with Gasteiger partial charge >= 0.3 is 0 Å². The van der Waals surface area contributed by atoms with Crippen molar-refractivity contribution in [3.8, 4) is 6.07 Å². The predicted molar refractivity (Wildman–Crippen MR) is 75.6 cm³/mol. The number of hydrogen-bond acceptors (Lipinski definition) is 3. The Hall–Kier alpha value is -1.34. The molecule has 1 unspecified atom stereocenters. The summed E-state index contributed by atoms with van der Waals surface area (Å²) >= 11 is 7.46. The van der Waals surface area contributed by atoms with Crippen molar-refractivity contribution in [2.24, 2.45) is 0 Å². The quantitative estimate of drug-likeness (QED) is 0.891. The molecule has 1 heterocycles. The highest BCUT2D eigenvalue weighted by molar-refractivity contribution is 7.16. The van der Waals surface area contributed by atoms with E-state index in [1.165, 1.54) is 4.88 Å². The topological polar surface area (TPSA) is 35.8 Å². The second kappa shape index (κ2) is 6.55. The molecule has 4 heteroatoms. The van der Waals surface area contributed by atoms with Crippen LogP contribution >= 0.6 is 22.9 Å². The first-order chi connectivity index (χ1) is 8.79. The Kier molecular flexibility index (Phi) is 4.77. The summed E-state index contributed by atoms with van der Waals surface area (Å²) in [6.07, 6.45) is 0.461. The maximum Gasteiger partial charge on any atom is 0.0931 e. The van der Waals surface area contributed by atoms with Crippen LogP contribution in [0.5, 0.6) is 0 Å². The minimum Gasteiger partial charge on any atom is -0.304 e. The lowest BCUT2D eigenvalue weighted by atomic mass is 10.0. The van der Waals surface area contributed by atoms with Gasteiger partial charge in [0.05, 0.1) is 16.8 Å². The molecule has 0 radical (unpaired) electrons. The van der Waals surface area contributed by atoms with Gasteiger partial charge in [0.1, 0.15) is 0 Å². The molecule has 18 heavy (non-hydrogen) atoms. The Morgan fingerprint density at radius 1 is 1.22 bits per heavy atom. The highest BCUT2D eigenvalue weighted by Crippen LogP contribution is 2.23. The summed E-state index contributed by atoms with van der Waals surface area (Å²) in [7, 11) is 0. The Labute approximate surface area is 116 Å². The summed E-state index contributed by atoms with van der Waals surface area (Å²) in [4.78, 5) is 1.18. The van der Waals surface area contributed by atoms with Crippen LogP contribution in [0, 0.1) is 11.3 Å². The number of thiophene rings is 1. The maximum atomic E-state index is 8.89. The van der Waals surface area contributed by atoms with Crippen molar-refractivity contribution in [1.82, 2.24) is 5.32 Å². The summed E-state index contributed by atoms with van der Waals surface area (Å²) in [6.45, 7) is 0.735. The largest absolute Gasteiger partial charge is 0.304 e. The molecule has 1 aromatic heterocycles. The molecule has 2 nitrogen and oxygen atoms in total. The number of nitriles is 1. The molecule has 1 N–H and O–H groups in total. The van der Waals surface area contributed by atoms with Crippen molar-refractivity contribution in [3.05, 3.63) is 57.2 Å². The molecule has 0 bridgehead atoms. The highest BCUT2D eigenvalue weighted by Gasteiger charge is 2.10. The SMILES string of the molecule is N#CCC(NCc1ccc(Cl)s1)c1ccccc1. The van der Waals surface area contributed by atoms with Crippen LogP contribution in [0.1, 0.15) is 22.9 Å². The molecule has 0 spiro atoms. The van der Waals surface area contributed by atoms with E-state index in [-0.39, 0.29) is 6.04 Å². The van der Waals surface area contributed by atoms with Crippen LogP contribution in [0.4, 0.5) is 0 Å². The van der Waals surface area contributed by atoms with Gasteiger partial charge in [-0.3, -0.25) is 0 Å². The lowest BCUT2D eigenvalue weighted by Crippen LogP contribution is -2.20. The van der Waals surface area contributed by atoms with Crippen molar-refractivity contribution < 1.29 is 0 Å². The minimum atomic E-state index is 0.0667. The molecule has 0 saturated heterocycles. The molecular formula is C14H13ClN2S. The van der Waals surface area contributed by atoms with E-state index in [1.54, 1.807) is 11.3 Å². The summed E-state index contributed by atoms with van der Waals surface area (Å²) in [5.74, 6) is 0. The smallest absolute Gasteiger partial charge is 0.0931 e. The fourth-order valence-corrected chi connectivity index (χ4v) is 2.79. The molecule has 2 rings (SSSR count). The summed E-state index contributed by atoms with van der Waals surface area (Å²) in [6, 6.07) is 16.2. The fraction of sp³-hybridized carbons (Fsp3) is 0.214. The monoisotopic (exact) mass is 276 g/mol. The molecule has 0 aliphatic carbocycles. The van der Waals surface area contributed by atoms with E-state index in [4.69, 9.17) is 16.9 Å². The molecule has 0 saturated carbocycles. The summed E-state index contributed by atoms with van der Waals surface area (Å²) in [5, 5.41) is 12.3. The molecule has 0 aliphatic rings. The molecule has 1 aromatic carbocycles. The second-order valence-electron chi connectivity index (χ2n) is 3.91. The third-order valence-electron chi connectivity index (χ3n) is 2.65. The highest BCUT2D eigenvalue weighted by atomic mass is 35.5. The van der Waals surface area contributed by atoms with Gasteiger partial charge in [0.2, 0.25) is 0 Å². The molecular weight excluding hydrogens is 264 g/mol. The lowest BCUT2D eigenvalue weighted by molar-refractivity contribution is 0.546. The van der Waals surface area contributed by atoms with Crippen LogP contribution in [0.2, 0.25) is 4.34 Å². The number of halogens is 1. The zero-order valence-corrected chi connectivity index (χ0v) is 11.3. The van der Waals surface area contributed by atoms with Crippen molar-refractivity contribution >= 4 is 22.9 Å². The first-order valence-corrected chi connectivity index (χ1v) is 6.88. The average Bonchev–Trinajstić information content (AvgIpc) is 2.81. The molecule has 92 valence electrons. The van der Waals surface area contributed by atoms with Gasteiger partial charge in [-0.2, -0.15) is 5.26 Å². The lowest BCUT2D eigenvalue weighted by Gasteiger charge is -2.15. The van der Waals surface area contributed by atoms with Gasteiger partial charge in [0, 0.05) is 17.5 Å². The zero-order valence-electron chi connectivity index (χ0n) is 9.77. The van der Waals surface area contributed by atoms with Crippen molar-refractivity contribution in [3.63, 3.8) is 0 Å². The Balaban J connectivity index is 2.01. The third kappa shape index (κ3) is 3.58. The number of nitrogens with one attached hydrogen (secondary N) is 1. The van der Waals surface area contributed by atoms with Gasteiger partial charge in [0.25, 0.3) is 0 Å². The van der Waals surface area contributed by atoms with Crippen LogP contribution in [-0.2, 0) is 6.54 Å². The first-order valence-electron chi connectivity index (χ1n) is 5.69. The third-order valence-corrected chi connectivity index (χ3v) is 3.88. The summed E-state index contributed by atoms with van der Waals surface area (Å²) < 4.78 is 0.795. The van der Waals surface area contributed by atoms with E-state index in [9.17, 15) is 0 Å². The van der Waals surface area contributed by atoms with E-state index in [0.717, 1.165) is 16.4 Å². The van der Waals surface area contributed by atoms with Gasteiger partial charge < -0.3 is 5.32 Å². The molecule has 0 amide bonds. The zero-order chi connectivity index (χ0) is 12.8. The van der Waals surface area contributed by atoms with Crippen LogP contribution in [0.15, 0.2) is 42.5 Å². The van der Waals surface area contributed by atoms with E-state index in [2.05, 4.69) is 11.4 Å². The van der Waals surface area contributed by atoms with Gasteiger partial charge in [-0.05, 0) is 17.7 Å². The minimum absolute atomic E-state index is 0.0667. The fourth-order valence-electron chi connectivity index (χ4n) is 1.76. The number of hydrogen-bond donors (Lipinski definition) is 1. The molecule has 0 fully saturated rings. The maximum absolute atomic E-state index is 8.89. The van der Waals surface area contributed by atoms with Crippen LogP contribution < -0.4 is 5.32 Å². The van der Waals surface area contributed by atoms with Crippen LogP contribution in [-0.4, -0.2) is 0 Å². The standard InChI is InChI=1S/C14H13ClN2S/c15-14-7-6-12(18-14)10-17-13(8-9-16)11-4-2-1-3-5-11/h1-7,13,17H,8,10H2. The van der Waals surface area contributed by atoms with Gasteiger partial charge in [0.15, 0.2) is 0 Å². The van der Waals surface area contributed by atoms with Gasteiger partial charge in [-0.15, -0.1) is 11.3 Å². The van der Waals surface area contributed by atoms with Crippen LogP contribution in [0.25, 0.3) is 0 Å². The number of benzene rings is 1. The Bertz CT molecular complexity index is 530. The molecule has 2 aromatic rings. The van der Waals surface area contributed by atoms with Crippen molar-refractivity contribution in [2.75, 3.05) is 0 Å². The van der Waals surface area contributed by atoms with Crippen LogP contribution in [0.3, 0.4) is 0 Å². The Morgan fingerprint density at radius 2 is 2.00 bits per heavy atom. The first kappa shape index (κ1) is 13.1. The van der Waals surface area contributed by atoms with E-state index < -0.39 is 0 Å².